The van der Waals surface area contributed by atoms with Crippen molar-refractivity contribution in [3.63, 3.8) is 0 Å². The summed E-state index contributed by atoms with van der Waals surface area (Å²) in [5.41, 5.74) is 1.57. The van der Waals surface area contributed by atoms with Crippen LogP contribution in [0.4, 0.5) is 0 Å². The number of carbonyl (C=O) groups excluding carboxylic acids is 1. The molecular weight excluding hydrogens is 200 g/mol. The zero-order chi connectivity index (χ0) is 10.7. The van der Waals surface area contributed by atoms with E-state index in [4.69, 9.17) is 16.3 Å². The van der Waals surface area contributed by atoms with E-state index in [1.54, 1.807) is 26.2 Å². The topological polar surface area (TPSA) is 26.3 Å². The van der Waals surface area contributed by atoms with Gasteiger partial charge in [0.05, 0.1) is 18.1 Å². The fraction of sp³-hybridized carbons (Fsp3) is 0.364. The second kappa shape index (κ2) is 4.47. The second-order valence-corrected chi connectivity index (χ2v) is 3.84. The van der Waals surface area contributed by atoms with Crippen molar-refractivity contribution in [2.24, 2.45) is 0 Å². The summed E-state index contributed by atoms with van der Waals surface area (Å²) in [6.07, 6.45) is 0. The number of hydrogen-bond acceptors (Lipinski definition) is 2. The molecule has 0 saturated heterocycles. The molecule has 0 saturated carbocycles. The minimum Gasteiger partial charge on any atom is -0.496 e. The predicted molar refractivity (Wildman–Crippen MR) is 57.4 cm³/mol. The van der Waals surface area contributed by atoms with E-state index in [2.05, 4.69) is 0 Å². The Morgan fingerprint density at radius 2 is 2.14 bits per heavy atom. The van der Waals surface area contributed by atoms with Crippen molar-refractivity contribution in [3.8, 4) is 5.75 Å². The summed E-state index contributed by atoms with van der Waals surface area (Å²) in [7, 11) is 1.54. The van der Waals surface area contributed by atoms with E-state index in [0.29, 0.717) is 11.3 Å². The quantitative estimate of drug-likeness (QED) is 0.569. The van der Waals surface area contributed by atoms with Crippen molar-refractivity contribution in [1.29, 1.82) is 0 Å². The zero-order valence-corrected chi connectivity index (χ0v) is 9.26. The fourth-order valence-corrected chi connectivity index (χ4v) is 1.35. The maximum atomic E-state index is 11.7. The van der Waals surface area contributed by atoms with Crippen molar-refractivity contribution in [1.82, 2.24) is 0 Å². The van der Waals surface area contributed by atoms with Gasteiger partial charge in [0.2, 0.25) is 0 Å². The lowest BCUT2D eigenvalue weighted by molar-refractivity contribution is 0.0988. The van der Waals surface area contributed by atoms with Gasteiger partial charge in [-0.3, -0.25) is 4.79 Å². The molecule has 0 aromatic heterocycles. The van der Waals surface area contributed by atoms with Crippen molar-refractivity contribution in [2.45, 2.75) is 19.2 Å². The van der Waals surface area contributed by atoms with E-state index in [1.165, 1.54) is 0 Å². The number of hydrogen-bond donors (Lipinski definition) is 0. The molecule has 0 aliphatic rings. The number of aryl methyl sites for hydroxylation is 1. The molecule has 0 N–H and O–H groups in total. The van der Waals surface area contributed by atoms with Gasteiger partial charge in [0.25, 0.3) is 0 Å². The predicted octanol–water partition coefficient (Wildman–Crippen LogP) is 2.81. The van der Waals surface area contributed by atoms with Crippen LogP contribution in [0.15, 0.2) is 18.2 Å². The minimum atomic E-state index is -0.523. The van der Waals surface area contributed by atoms with Crippen molar-refractivity contribution < 1.29 is 9.53 Å². The maximum Gasteiger partial charge on any atom is 0.184 e. The maximum absolute atomic E-state index is 11.7. The average molecular weight is 213 g/mol. The highest BCUT2D eigenvalue weighted by Crippen LogP contribution is 2.22. The van der Waals surface area contributed by atoms with Crippen molar-refractivity contribution >= 4 is 17.4 Å². The third kappa shape index (κ3) is 2.26. The van der Waals surface area contributed by atoms with Gasteiger partial charge in [-0.2, -0.15) is 0 Å². The standard InChI is InChI=1S/C11H13ClO2/c1-7-4-5-10(14-3)9(6-7)11(13)8(2)12/h4-6,8H,1-3H3. The Morgan fingerprint density at radius 3 is 2.64 bits per heavy atom. The van der Waals surface area contributed by atoms with Crippen molar-refractivity contribution in [3.05, 3.63) is 29.3 Å². The highest BCUT2D eigenvalue weighted by atomic mass is 35.5. The minimum absolute atomic E-state index is 0.104. The van der Waals surface area contributed by atoms with Gasteiger partial charge in [-0.1, -0.05) is 11.6 Å². The molecule has 2 nitrogen and oxygen atoms in total. The number of alkyl halides is 1. The average Bonchev–Trinajstić information content (AvgIpc) is 2.16. The van der Waals surface area contributed by atoms with Gasteiger partial charge in [-0.15, -0.1) is 11.6 Å². The van der Waals surface area contributed by atoms with Gasteiger partial charge in [0, 0.05) is 0 Å². The van der Waals surface area contributed by atoms with Crippen LogP contribution in [0.3, 0.4) is 0 Å². The fourth-order valence-electron chi connectivity index (χ4n) is 1.23. The lowest BCUT2D eigenvalue weighted by Crippen LogP contribution is -2.12. The lowest BCUT2D eigenvalue weighted by Gasteiger charge is -2.09. The first-order chi connectivity index (χ1) is 6.56. The van der Waals surface area contributed by atoms with Crippen LogP contribution in [0.25, 0.3) is 0 Å². The summed E-state index contributed by atoms with van der Waals surface area (Å²) < 4.78 is 5.09. The molecule has 0 aliphatic carbocycles. The molecule has 1 rings (SSSR count). The lowest BCUT2D eigenvalue weighted by atomic mass is 10.0. The van der Waals surface area contributed by atoms with Gasteiger partial charge in [-0.05, 0) is 26.0 Å². The van der Waals surface area contributed by atoms with Crippen LogP contribution in [0, 0.1) is 6.92 Å². The van der Waals surface area contributed by atoms with Crippen LogP contribution < -0.4 is 4.74 Å². The molecule has 76 valence electrons. The number of carbonyl (C=O) groups is 1. The number of ketones is 1. The van der Waals surface area contributed by atoms with Crippen LogP contribution >= 0.6 is 11.6 Å². The van der Waals surface area contributed by atoms with Crippen LogP contribution in [0.5, 0.6) is 5.75 Å². The summed E-state index contributed by atoms with van der Waals surface area (Å²) in [6.45, 7) is 3.58. The second-order valence-electron chi connectivity index (χ2n) is 3.18. The molecule has 1 atom stereocenters. The van der Waals surface area contributed by atoms with E-state index in [0.717, 1.165) is 5.56 Å². The molecule has 0 heterocycles. The molecule has 0 fully saturated rings. The molecule has 1 aromatic rings. The summed E-state index contributed by atoms with van der Waals surface area (Å²) in [5.74, 6) is 0.473. The Balaban J connectivity index is 3.17. The van der Waals surface area contributed by atoms with Crippen LogP contribution in [-0.2, 0) is 0 Å². The largest absolute Gasteiger partial charge is 0.496 e. The number of methoxy groups -OCH3 is 1. The molecule has 1 unspecified atom stereocenters. The summed E-state index contributed by atoms with van der Waals surface area (Å²) in [5, 5.41) is -0.523. The van der Waals surface area contributed by atoms with E-state index < -0.39 is 5.38 Å². The molecule has 0 spiro atoms. The Morgan fingerprint density at radius 1 is 1.50 bits per heavy atom. The normalized spacial score (nSPS) is 12.3. The Labute approximate surface area is 88.8 Å². The van der Waals surface area contributed by atoms with Crippen LogP contribution in [-0.4, -0.2) is 18.3 Å². The number of Topliss-reactive ketones (excluding diaryl/α,β-unsaturated/α-hetero) is 1. The van der Waals surface area contributed by atoms with Crippen LogP contribution in [0.1, 0.15) is 22.8 Å². The first-order valence-corrected chi connectivity index (χ1v) is 4.83. The smallest absolute Gasteiger partial charge is 0.184 e. The van der Waals surface area contributed by atoms with Gasteiger partial charge >= 0.3 is 0 Å². The molecule has 0 bridgehead atoms. The van der Waals surface area contributed by atoms with Gasteiger partial charge in [0.15, 0.2) is 5.78 Å². The van der Waals surface area contributed by atoms with Gasteiger partial charge in [0.1, 0.15) is 5.75 Å². The van der Waals surface area contributed by atoms with Crippen molar-refractivity contribution in [2.75, 3.05) is 7.11 Å². The third-order valence-corrected chi connectivity index (χ3v) is 2.18. The summed E-state index contributed by atoms with van der Waals surface area (Å²) >= 11 is 5.74. The van der Waals surface area contributed by atoms with E-state index in [-0.39, 0.29) is 5.78 Å². The monoisotopic (exact) mass is 212 g/mol. The number of rotatable bonds is 3. The first-order valence-electron chi connectivity index (χ1n) is 4.39. The molecule has 0 radical (unpaired) electrons. The third-order valence-electron chi connectivity index (χ3n) is 1.98. The van der Waals surface area contributed by atoms with E-state index >= 15 is 0 Å². The number of benzene rings is 1. The Bertz CT molecular complexity index is 345. The highest BCUT2D eigenvalue weighted by Gasteiger charge is 2.16. The Hall–Kier alpha value is -1.02. The van der Waals surface area contributed by atoms with E-state index in [1.807, 2.05) is 13.0 Å². The number of halogens is 1. The number of ether oxygens (including phenoxy) is 1. The molecule has 3 heteroatoms. The van der Waals surface area contributed by atoms with Crippen LogP contribution in [0.2, 0.25) is 0 Å². The molecular formula is C11H13ClO2. The summed E-state index contributed by atoms with van der Waals surface area (Å²) in [4.78, 5) is 11.7. The van der Waals surface area contributed by atoms with Gasteiger partial charge < -0.3 is 4.74 Å². The molecule has 0 amide bonds. The molecule has 14 heavy (non-hydrogen) atoms. The highest BCUT2D eigenvalue weighted by molar-refractivity contribution is 6.33. The van der Waals surface area contributed by atoms with E-state index in [9.17, 15) is 4.79 Å². The zero-order valence-electron chi connectivity index (χ0n) is 8.50. The van der Waals surface area contributed by atoms with Gasteiger partial charge in [-0.25, -0.2) is 0 Å². The molecule has 1 aromatic carbocycles. The SMILES string of the molecule is COc1ccc(C)cc1C(=O)C(C)Cl. The Kier molecular flexibility index (Phi) is 3.53. The first kappa shape index (κ1) is 11.1. The molecule has 0 aliphatic heterocycles. The summed E-state index contributed by atoms with van der Waals surface area (Å²) in [6, 6.07) is 5.47.